The fourth-order valence-electron chi connectivity index (χ4n) is 1.60. The fraction of sp³-hybridized carbons (Fsp3) is 0.462. The smallest absolute Gasteiger partial charge is 0.418 e. The first-order chi connectivity index (χ1) is 9.24. The van der Waals surface area contributed by atoms with Gasteiger partial charge in [0, 0.05) is 18.3 Å². The summed E-state index contributed by atoms with van der Waals surface area (Å²) in [6.45, 7) is 1.91. The van der Waals surface area contributed by atoms with Crippen molar-refractivity contribution >= 4 is 11.7 Å². The number of benzene rings is 1. The SMILES string of the molecule is COC(=O)Cc1ccc(NCC(C)N)c(C(F)(F)F)c1. The summed E-state index contributed by atoms with van der Waals surface area (Å²) in [5.74, 6) is -0.589. The summed E-state index contributed by atoms with van der Waals surface area (Å²) in [4.78, 5) is 11.1. The van der Waals surface area contributed by atoms with Crippen LogP contribution >= 0.6 is 0 Å². The summed E-state index contributed by atoms with van der Waals surface area (Å²) >= 11 is 0. The van der Waals surface area contributed by atoms with E-state index in [2.05, 4.69) is 10.1 Å². The van der Waals surface area contributed by atoms with Gasteiger partial charge in [0.25, 0.3) is 0 Å². The van der Waals surface area contributed by atoms with E-state index in [1.807, 2.05) is 0 Å². The molecule has 1 rings (SSSR count). The van der Waals surface area contributed by atoms with E-state index in [1.165, 1.54) is 19.2 Å². The zero-order valence-corrected chi connectivity index (χ0v) is 11.3. The minimum Gasteiger partial charge on any atom is -0.469 e. The Balaban J connectivity index is 3.04. The fourth-order valence-corrected chi connectivity index (χ4v) is 1.60. The molecule has 1 aromatic carbocycles. The molecule has 4 nitrogen and oxygen atoms in total. The molecule has 1 atom stereocenters. The van der Waals surface area contributed by atoms with Gasteiger partial charge in [-0.2, -0.15) is 13.2 Å². The monoisotopic (exact) mass is 290 g/mol. The molecular weight excluding hydrogens is 273 g/mol. The normalized spacial score (nSPS) is 12.9. The van der Waals surface area contributed by atoms with Gasteiger partial charge in [0.05, 0.1) is 19.1 Å². The Kier molecular flexibility index (Phi) is 5.38. The number of carbonyl (C=O) groups excluding carboxylic acids is 1. The first-order valence-electron chi connectivity index (χ1n) is 6.00. The predicted octanol–water partition coefficient (Wildman–Crippen LogP) is 2.18. The molecule has 0 saturated heterocycles. The topological polar surface area (TPSA) is 64.3 Å². The van der Waals surface area contributed by atoms with Crippen molar-refractivity contribution in [2.24, 2.45) is 5.73 Å². The molecule has 7 heteroatoms. The first kappa shape index (κ1) is 16.3. The zero-order chi connectivity index (χ0) is 15.3. The lowest BCUT2D eigenvalue weighted by Gasteiger charge is -2.17. The molecule has 112 valence electrons. The highest BCUT2D eigenvalue weighted by molar-refractivity contribution is 5.73. The molecule has 0 heterocycles. The van der Waals surface area contributed by atoms with E-state index >= 15 is 0 Å². The summed E-state index contributed by atoms with van der Waals surface area (Å²) in [5, 5.41) is 2.65. The summed E-state index contributed by atoms with van der Waals surface area (Å²) in [7, 11) is 1.19. The molecular formula is C13H17F3N2O2. The Bertz CT molecular complexity index is 473. The van der Waals surface area contributed by atoms with E-state index in [0.717, 1.165) is 6.07 Å². The van der Waals surface area contributed by atoms with Crippen LogP contribution in [-0.2, 0) is 22.1 Å². The minimum absolute atomic E-state index is 0.0524. The summed E-state index contributed by atoms with van der Waals surface area (Å²) in [6.07, 6.45) is -4.71. The Morgan fingerprint density at radius 2 is 2.10 bits per heavy atom. The number of anilines is 1. The van der Waals surface area contributed by atoms with Crippen LogP contribution in [0.3, 0.4) is 0 Å². The standard InChI is InChI=1S/C13H17F3N2O2/c1-8(17)7-18-11-4-3-9(6-12(19)20-2)5-10(11)13(14,15)16/h3-5,8,18H,6-7,17H2,1-2H3. The van der Waals surface area contributed by atoms with Gasteiger partial charge >= 0.3 is 12.1 Å². The molecule has 3 N–H and O–H groups in total. The number of rotatable bonds is 5. The number of nitrogens with one attached hydrogen (secondary N) is 1. The highest BCUT2D eigenvalue weighted by Gasteiger charge is 2.33. The number of carbonyl (C=O) groups is 1. The molecule has 0 bridgehead atoms. The van der Waals surface area contributed by atoms with Crippen molar-refractivity contribution < 1.29 is 22.7 Å². The number of hydrogen-bond donors (Lipinski definition) is 2. The van der Waals surface area contributed by atoms with E-state index in [4.69, 9.17) is 5.73 Å². The lowest BCUT2D eigenvalue weighted by Crippen LogP contribution is -2.26. The highest BCUT2D eigenvalue weighted by atomic mass is 19.4. The van der Waals surface area contributed by atoms with Gasteiger partial charge < -0.3 is 15.8 Å². The van der Waals surface area contributed by atoms with Gasteiger partial charge in [0.15, 0.2) is 0 Å². The second-order valence-corrected chi connectivity index (χ2v) is 4.49. The van der Waals surface area contributed by atoms with Gasteiger partial charge in [-0.05, 0) is 24.6 Å². The van der Waals surface area contributed by atoms with Crippen LogP contribution in [0.15, 0.2) is 18.2 Å². The van der Waals surface area contributed by atoms with E-state index in [0.29, 0.717) is 0 Å². The quantitative estimate of drug-likeness (QED) is 0.816. The van der Waals surface area contributed by atoms with Crippen molar-refractivity contribution in [3.05, 3.63) is 29.3 Å². The highest BCUT2D eigenvalue weighted by Crippen LogP contribution is 2.35. The Morgan fingerprint density at radius 3 is 2.60 bits per heavy atom. The van der Waals surface area contributed by atoms with Crippen molar-refractivity contribution in [3.8, 4) is 0 Å². The second kappa shape index (κ2) is 6.60. The van der Waals surface area contributed by atoms with Crippen molar-refractivity contribution in [1.82, 2.24) is 0 Å². The molecule has 0 aromatic heterocycles. The molecule has 0 aliphatic carbocycles. The second-order valence-electron chi connectivity index (χ2n) is 4.49. The molecule has 0 fully saturated rings. The number of hydrogen-bond acceptors (Lipinski definition) is 4. The number of halogens is 3. The van der Waals surface area contributed by atoms with Crippen LogP contribution in [0.2, 0.25) is 0 Å². The predicted molar refractivity (Wildman–Crippen MR) is 69.3 cm³/mol. The number of nitrogens with two attached hydrogens (primary N) is 1. The molecule has 20 heavy (non-hydrogen) atoms. The average Bonchev–Trinajstić information content (AvgIpc) is 2.35. The molecule has 0 spiro atoms. The molecule has 0 radical (unpaired) electrons. The molecule has 0 saturated carbocycles. The van der Waals surface area contributed by atoms with E-state index in [1.54, 1.807) is 6.92 Å². The Hall–Kier alpha value is -1.76. The van der Waals surface area contributed by atoms with Gasteiger partial charge in [-0.1, -0.05) is 6.07 Å². The first-order valence-corrected chi connectivity index (χ1v) is 6.00. The molecule has 0 amide bonds. The van der Waals surface area contributed by atoms with Crippen LogP contribution in [0.5, 0.6) is 0 Å². The third kappa shape index (κ3) is 4.73. The van der Waals surface area contributed by atoms with Gasteiger partial charge in [0.1, 0.15) is 0 Å². The van der Waals surface area contributed by atoms with Gasteiger partial charge in [-0.3, -0.25) is 4.79 Å². The number of methoxy groups -OCH3 is 1. The largest absolute Gasteiger partial charge is 0.469 e. The third-order valence-corrected chi connectivity index (χ3v) is 2.58. The van der Waals surface area contributed by atoms with Crippen LogP contribution in [-0.4, -0.2) is 25.7 Å². The Labute approximate surface area is 115 Å². The number of ether oxygens (including phenoxy) is 1. The lowest BCUT2D eigenvalue weighted by atomic mass is 10.1. The van der Waals surface area contributed by atoms with Gasteiger partial charge in [-0.25, -0.2) is 0 Å². The van der Waals surface area contributed by atoms with Crippen LogP contribution in [0, 0.1) is 0 Å². The van der Waals surface area contributed by atoms with Crippen molar-refractivity contribution in [2.75, 3.05) is 19.0 Å². The lowest BCUT2D eigenvalue weighted by molar-refractivity contribution is -0.140. The van der Waals surface area contributed by atoms with Crippen LogP contribution < -0.4 is 11.1 Å². The number of alkyl halides is 3. The maximum atomic E-state index is 13.0. The molecule has 0 aliphatic rings. The molecule has 0 aliphatic heterocycles. The number of esters is 1. The minimum atomic E-state index is -4.51. The molecule has 1 unspecified atom stereocenters. The van der Waals surface area contributed by atoms with Gasteiger partial charge in [-0.15, -0.1) is 0 Å². The van der Waals surface area contributed by atoms with Crippen LogP contribution in [0.25, 0.3) is 0 Å². The van der Waals surface area contributed by atoms with Crippen molar-refractivity contribution in [2.45, 2.75) is 25.6 Å². The van der Waals surface area contributed by atoms with Gasteiger partial charge in [0.2, 0.25) is 0 Å². The van der Waals surface area contributed by atoms with E-state index in [9.17, 15) is 18.0 Å². The Morgan fingerprint density at radius 1 is 1.45 bits per heavy atom. The van der Waals surface area contributed by atoms with Crippen molar-refractivity contribution in [1.29, 1.82) is 0 Å². The van der Waals surface area contributed by atoms with E-state index < -0.39 is 17.7 Å². The van der Waals surface area contributed by atoms with Crippen LogP contribution in [0.1, 0.15) is 18.1 Å². The summed E-state index contributed by atoms with van der Waals surface area (Å²) in [5.41, 5.74) is 4.88. The maximum absolute atomic E-state index is 13.0. The summed E-state index contributed by atoms with van der Waals surface area (Å²) in [6, 6.07) is 3.42. The van der Waals surface area contributed by atoms with E-state index in [-0.39, 0.29) is 30.3 Å². The summed E-state index contributed by atoms with van der Waals surface area (Å²) < 4.78 is 43.4. The zero-order valence-electron chi connectivity index (χ0n) is 11.3. The van der Waals surface area contributed by atoms with Crippen molar-refractivity contribution in [3.63, 3.8) is 0 Å². The molecule has 1 aromatic rings. The average molecular weight is 290 g/mol. The van der Waals surface area contributed by atoms with Crippen LogP contribution in [0.4, 0.5) is 18.9 Å². The maximum Gasteiger partial charge on any atom is 0.418 e. The third-order valence-electron chi connectivity index (χ3n) is 2.58.